The maximum atomic E-state index is 6.89. The summed E-state index contributed by atoms with van der Waals surface area (Å²) in [5.41, 5.74) is 2.25. The van der Waals surface area contributed by atoms with Crippen LogP contribution in [-0.4, -0.2) is 0 Å². The molecule has 0 nitrogen and oxygen atoms in total. The highest BCUT2D eigenvalue weighted by atomic mass is 35.5. The zero-order chi connectivity index (χ0) is 19.4. The molecule has 136 valence electrons. The molecule has 0 fully saturated rings. The van der Waals surface area contributed by atoms with Crippen molar-refractivity contribution in [1.82, 2.24) is 0 Å². The van der Waals surface area contributed by atoms with E-state index in [1.807, 2.05) is 0 Å². The lowest BCUT2D eigenvalue weighted by Gasteiger charge is -2.14. The van der Waals surface area contributed by atoms with Crippen LogP contribution < -0.4 is 0 Å². The standard InChI is InChI=1S/C28H17Cl/c29-28-17-26-24-14-6-4-12-22(24)21-11-3-5-13-23(21)25(26)16-27(28)20-15-7-9-18-8-1-2-10-19(18)20/h1-17H. The van der Waals surface area contributed by atoms with E-state index in [2.05, 4.69) is 103 Å². The van der Waals surface area contributed by atoms with Crippen molar-refractivity contribution in [2.75, 3.05) is 0 Å². The molecule has 0 unspecified atom stereocenters. The Morgan fingerprint density at radius 3 is 1.52 bits per heavy atom. The van der Waals surface area contributed by atoms with Gasteiger partial charge in [0.05, 0.1) is 0 Å². The van der Waals surface area contributed by atoms with Gasteiger partial charge in [0.1, 0.15) is 0 Å². The molecule has 0 amide bonds. The van der Waals surface area contributed by atoms with Crippen LogP contribution in [-0.2, 0) is 0 Å². The van der Waals surface area contributed by atoms with Gasteiger partial charge in [-0.1, -0.05) is 103 Å². The van der Waals surface area contributed by atoms with Gasteiger partial charge in [-0.3, -0.25) is 0 Å². The van der Waals surface area contributed by atoms with Crippen LogP contribution in [0, 0.1) is 0 Å². The van der Waals surface area contributed by atoms with Gasteiger partial charge in [0.15, 0.2) is 0 Å². The fourth-order valence-corrected chi connectivity index (χ4v) is 4.86. The third-order valence-electron chi connectivity index (χ3n) is 5.91. The van der Waals surface area contributed by atoms with E-state index in [1.165, 1.54) is 48.7 Å². The minimum atomic E-state index is 0.786. The molecule has 0 aliphatic carbocycles. The highest BCUT2D eigenvalue weighted by molar-refractivity contribution is 6.36. The molecule has 0 atom stereocenters. The third kappa shape index (κ3) is 2.46. The Morgan fingerprint density at radius 1 is 0.379 bits per heavy atom. The van der Waals surface area contributed by atoms with Gasteiger partial charge in [-0.2, -0.15) is 0 Å². The van der Waals surface area contributed by atoms with E-state index in [0.717, 1.165) is 10.6 Å². The molecule has 6 aromatic rings. The number of benzene rings is 6. The average Bonchev–Trinajstić information content (AvgIpc) is 2.79. The molecule has 6 aromatic carbocycles. The molecular formula is C28H17Cl. The van der Waals surface area contributed by atoms with Crippen LogP contribution in [0.15, 0.2) is 103 Å². The topological polar surface area (TPSA) is 0 Å². The second kappa shape index (κ2) is 6.34. The highest BCUT2D eigenvalue weighted by Crippen LogP contribution is 2.41. The Bertz CT molecular complexity index is 1550. The molecule has 0 aliphatic rings. The van der Waals surface area contributed by atoms with Gasteiger partial charge in [-0.05, 0) is 60.8 Å². The Morgan fingerprint density at radius 2 is 0.862 bits per heavy atom. The SMILES string of the molecule is Clc1cc2c3ccccc3c3ccccc3c2cc1-c1cccc2ccccc12. The molecule has 0 bridgehead atoms. The maximum absolute atomic E-state index is 6.89. The quantitative estimate of drug-likeness (QED) is 0.247. The van der Waals surface area contributed by atoms with Crippen molar-refractivity contribution < 1.29 is 0 Å². The summed E-state index contributed by atoms with van der Waals surface area (Å²) in [7, 11) is 0. The third-order valence-corrected chi connectivity index (χ3v) is 6.22. The van der Waals surface area contributed by atoms with Crippen LogP contribution in [0.3, 0.4) is 0 Å². The fourth-order valence-electron chi connectivity index (χ4n) is 4.59. The molecule has 0 heterocycles. The van der Waals surface area contributed by atoms with Gasteiger partial charge in [-0.25, -0.2) is 0 Å². The molecule has 0 spiro atoms. The molecule has 1 heteroatoms. The zero-order valence-electron chi connectivity index (χ0n) is 15.7. The van der Waals surface area contributed by atoms with Crippen molar-refractivity contribution in [3.05, 3.63) is 108 Å². The van der Waals surface area contributed by atoms with Gasteiger partial charge in [-0.15, -0.1) is 0 Å². The zero-order valence-corrected chi connectivity index (χ0v) is 16.4. The van der Waals surface area contributed by atoms with Crippen molar-refractivity contribution in [2.24, 2.45) is 0 Å². The lowest BCUT2D eigenvalue weighted by molar-refractivity contribution is 1.69. The summed E-state index contributed by atoms with van der Waals surface area (Å²) in [6, 6.07) is 36.6. The van der Waals surface area contributed by atoms with Gasteiger partial charge in [0.25, 0.3) is 0 Å². The van der Waals surface area contributed by atoms with Gasteiger partial charge >= 0.3 is 0 Å². The predicted octanol–water partition coefficient (Wildman–Crippen LogP) is 8.62. The molecule has 0 saturated carbocycles. The fraction of sp³-hybridized carbons (Fsp3) is 0. The Kier molecular flexibility index (Phi) is 3.62. The first-order valence-electron chi connectivity index (χ1n) is 9.82. The van der Waals surface area contributed by atoms with E-state index in [-0.39, 0.29) is 0 Å². The Balaban J connectivity index is 1.80. The number of rotatable bonds is 1. The summed E-state index contributed by atoms with van der Waals surface area (Å²) in [5.74, 6) is 0. The summed E-state index contributed by atoms with van der Waals surface area (Å²) in [6.45, 7) is 0. The minimum Gasteiger partial charge on any atom is -0.0836 e. The smallest absolute Gasteiger partial charge is 0.0491 e. The number of fused-ring (bicyclic) bond motifs is 7. The predicted molar refractivity (Wildman–Crippen MR) is 127 cm³/mol. The molecule has 0 aromatic heterocycles. The van der Waals surface area contributed by atoms with Gasteiger partial charge in [0, 0.05) is 10.6 Å². The Labute approximate surface area is 174 Å². The van der Waals surface area contributed by atoms with Crippen LogP contribution in [0.25, 0.3) is 54.2 Å². The van der Waals surface area contributed by atoms with E-state index in [1.54, 1.807) is 0 Å². The second-order valence-electron chi connectivity index (χ2n) is 7.50. The van der Waals surface area contributed by atoms with Gasteiger partial charge < -0.3 is 0 Å². The molecule has 29 heavy (non-hydrogen) atoms. The maximum Gasteiger partial charge on any atom is 0.0491 e. The van der Waals surface area contributed by atoms with Crippen molar-refractivity contribution in [3.63, 3.8) is 0 Å². The molecule has 0 N–H and O–H groups in total. The first kappa shape index (κ1) is 16.6. The summed E-state index contributed by atoms with van der Waals surface area (Å²) in [5, 5.41) is 10.7. The van der Waals surface area contributed by atoms with E-state index in [4.69, 9.17) is 11.6 Å². The molecule has 0 radical (unpaired) electrons. The number of hydrogen-bond donors (Lipinski definition) is 0. The van der Waals surface area contributed by atoms with E-state index in [9.17, 15) is 0 Å². The average molecular weight is 389 g/mol. The Hall–Kier alpha value is -3.35. The van der Waals surface area contributed by atoms with Crippen molar-refractivity contribution >= 4 is 54.7 Å². The first-order chi connectivity index (χ1) is 14.3. The second-order valence-corrected chi connectivity index (χ2v) is 7.90. The molecule has 6 rings (SSSR count). The summed E-state index contributed by atoms with van der Waals surface area (Å²) in [4.78, 5) is 0. The number of halogens is 1. The van der Waals surface area contributed by atoms with Crippen LogP contribution in [0.4, 0.5) is 0 Å². The van der Waals surface area contributed by atoms with Crippen LogP contribution >= 0.6 is 11.6 Å². The van der Waals surface area contributed by atoms with E-state index in [0.29, 0.717) is 0 Å². The number of hydrogen-bond acceptors (Lipinski definition) is 0. The van der Waals surface area contributed by atoms with Crippen LogP contribution in [0.2, 0.25) is 5.02 Å². The van der Waals surface area contributed by atoms with E-state index < -0.39 is 0 Å². The normalized spacial score (nSPS) is 11.6. The highest BCUT2D eigenvalue weighted by Gasteiger charge is 2.13. The van der Waals surface area contributed by atoms with Crippen molar-refractivity contribution in [1.29, 1.82) is 0 Å². The summed E-state index contributed by atoms with van der Waals surface area (Å²) >= 11 is 6.89. The summed E-state index contributed by atoms with van der Waals surface area (Å²) < 4.78 is 0. The lowest BCUT2D eigenvalue weighted by Crippen LogP contribution is -1.87. The van der Waals surface area contributed by atoms with Crippen molar-refractivity contribution in [2.45, 2.75) is 0 Å². The van der Waals surface area contributed by atoms with Crippen molar-refractivity contribution in [3.8, 4) is 11.1 Å². The van der Waals surface area contributed by atoms with Crippen LogP contribution in [0.1, 0.15) is 0 Å². The largest absolute Gasteiger partial charge is 0.0836 e. The molecular weight excluding hydrogens is 372 g/mol. The molecule has 0 saturated heterocycles. The van der Waals surface area contributed by atoms with E-state index >= 15 is 0 Å². The summed E-state index contributed by atoms with van der Waals surface area (Å²) in [6.07, 6.45) is 0. The molecule has 0 aliphatic heterocycles. The lowest BCUT2D eigenvalue weighted by atomic mass is 9.91. The first-order valence-corrected chi connectivity index (χ1v) is 10.2. The minimum absolute atomic E-state index is 0.786. The van der Waals surface area contributed by atoms with Gasteiger partial charge in [0.2, 0.25) is 0 Å². The monoisotopic (exact) mass is 388 g/mol. The van der Waals surface area contributed by atoms with Crippen LogP contribution in [0.5, 0.6) is 0 Å².